The minimum atomic E-state index is 0.461. The zero-order valence-corrected chi connectivity index (χ0v) is 9.43. The fraction of sp³-hybridized carbons (Fsp3) is 0.500. The largest absolute Gasteiger partial charge is 0.313 e. The summed E-state index contributed by atoms with van der Waals surface area (Å²) >= 11 is 5.87. The smallest absolute Gasteiger partial charge is 0.0406 e. The normalized spacial score (nSPS) is 20.5. The molecule has 14 heavy (non-hydrogen) atoms. The average Bonchev–Trinajstić information content (AvgIpc) is 2.89. The molecule has 1 aromatic carbocycles. The molecule has 2 heteroatoms. The van der Waals surface area contributed by atoms with Crippen molar-refractivity contribution in [3.05, 3.63) is 34.9 Å². The van der Waals surface area contributed by atoms with E-state index in [0.717, 1.165) is 5.02 Å². The molecule has 1 aliphatic carbocycles. The summed E-state index contributed by atoms with van der Waals surface area (Å²) in [7, 11) is 2.03. The van der Waals surface area contributed by atoms with Crippen LogP contribution < -0.4 is 5.32 Å². The lowest BCUT2D eigenvalue weighted by molar-refractivity contribution is 0.390. The van der Waals surface area contributed by atoms with E-state index in [2.05, 4.69) is 24.4 Å². The van der Waals surface area contributed by atoms with Gasteiger partial charge < -0.3 is 5.32 Å². The van der Waals surface area contributed by atoms with Gasteiger partial charge in [0.1, 0.15) is 0 Å². The van der Waals surface area contributed by atoms with Crippen LogP contribution in [0.1, 0.15) is 31.4 Å². The van der Waals surface area contributed by atoms with Gasteiger partial charge in [-0.2, -0.15) is 0 Å². The van der Waals surface area contributed by atoms with E-state index in [1.54, 1.807) is 0 Å². The number of nitrogens with one attached hydrogen (secondary N) is 1. The van der Waals surface area contributed by atoms with E-state index in [1.807, 2.05) is 19.2 Å². The van der Waals surface area contributed by atoms with E-state index in [4.69, 9.17) is 11.6 Å². The maximum absolute atomic E-state index is 5.87. The molecule has 0 spiro atoms. The van der Waals surface area contributed by atoms with Gasteiger partial charge in [-0.05, 0) is 43.0 Å². The standard InChI is InChI=1S/C12H16ClN/c1-12(7-8-12)11(14-2)9-3-5-10(13)6-4-9/h3-6,11,14H,7-8H2,1-2H3. The lowest BCUT2D eigenvalue weighted by atomic mass is 9.92. The molecule has 1 N–H and O–H groups in total. The summed E-state index contributed by atoms with van der Waals surface area (Å²) in [4.78, 5) is 0. The monoisotopic (exact) mass is 209 g/mol. The molecule has 2 rings (SSSR count). The topological polar surface area (TPSA) is 12.0 Å². The number of halogens is 1. The Morgan fingerprint density at radius 1 is 1.29 bits per heavy atom. The highest BCUT2D eigenvalue weighted by Crippen LogP contribution is 2.54. The van der Waals surface area contributed by atoms with Gasteiger partial charge in [0, 0.05) is 11.1 Å². The third-order valence-electron chi connectivity index (χ3n) is 3.23. The average molecular weight is 210 g/mol. The van der Waals surface area contributed by atoms with E-state index < -0.39 is 0 Å². The number of benzene rings is 1. The van der Waals surface area contributed by atoms with Crippen LogP contribution in [0.5, 0.6) is 0 Å². The zero-order chi connectivity index (χ0) is 10.2. The van der Waals surface area contributed by atoms with Crippen LogP contribution in [0.4, 0.5) is 0 Å². The van der Waals surface area contributed by atoms with Crippen molar-refractivity contribution in [2.45, 2.75) is 25.8 Å². The summed E-state index contributed by atoms with van der Waals surface area (Å²) < 4.78 is 0. The van der Waals surface area contributed by atoms with Gasteiger partial charge in [-0.15, -0.1) is 0 Å². The molecule has 1 unspecified atom stereocenters. The van der Waals surface area contributed by atoms with Crippen molar-refractivity contribution in [3.63, 3.8) is 0 Å². The Kier molecular flexibility index (Phi) is 2.54. The highest BCUT2D eigenvalue weighted by Gasteiger charge is 2.44. The Morgan fingerprint density at radius 2 is 1.86 bits per heavy atom. The second-order valence-corrected chi connectivity index (χ2v) is 4.86. The van der Waals surface area contributed by atoms with Crippen molar-refractivity contribution in [3.8, 4) is 0 Å². The number of hydrogen-bond donors (Lipinski definition) is 1. The molecule has 1 aliphatic rings. The SMILES string of the molecule is CNC(c1ccc(Cl)cc1)C1(C)CC1. The van der Waals surface area contributed by atoms with Gasteiger partial charge in [0.25, 0.3) is 0 Å². The van der Waals surface area contributed by atoms with E-state index in [0.29, 0.717) is 11.5 Å². The Labute approximate surface area is 90.5 Å². The van der Waals surface area contributed by atoms with Gasteiger partial charge in [-0.3, -0.25) is 0 Å². The molecule has 1 saturated carbocycles. The molecule has 0 amide bonds. The van der Waals surface area contributed by atoms with Gasteiger partial charge in [-0.25, -0.2) is 0 Å². The Bertz CT molecular complexity index is 314. The first-order valence-corrected chi connectivity index (χ1v) is 5.46. The van der Waals surface area contributed by atoms with Gasteiger partial charge in [-0.1, -0.05) is 30.7 Å². The lowest BCUT2D eigenvalue weighted by Gasteiger charge is -2.23. The van der Waals surface area contributed by atoms with Crippen LogP contribution in [0.15, 0.2) is 24.3 Å². The molecule has 1 nitrogen and oxygen atoms in total. The maximum Gasteiger partial charge on any atom is 0.0406 e. The van der Waals surface area contributed by atoms with Crippen LogP contribution in [-0.4, -0.2) is 7.05 Å². The lowest BCUT2D eigenvalue weighted by Crippen LogP contribution is -2.24. The first-order valence-electron chi connectivity index (χ1n) is 5.08. The summed E-state index contributed by atoms with van der Waals surface area (Å²) in [6.07, 6.45) is 2.64. The zero-order valence-electron chi connectivity index (χ0n) is 8.68. The molecule has 0 aromatic heterocycles. The molecule has 0 saturated heterocycles. The second kappa shape index (κ2) is 3.56. The first-order chi connectivity index (χ1) is 6.65. The summed E-state index contributed by atoms with van der Waals surface area (Å²) in [6, 6.07) is 8.64. The number of rotatable bonds is 3. The van der Waals surface area contributed by atoms with Crippen LogP contribution in [0, 0.1) is 5.41 Å². The molecular weight excluding hydrogens is 194 g/mol. The first kappa shape index (κ1) is 10.0. The molecule has 1 fully saturated rings. The van der Waals surface area contributed by atoms with Crippen molar-refractivity contribution in [1.82, 2.24) is 5.32 Å². The predicted octanol–water partition coefficient (Wildman–Crippen LogP) is 3.40. The van der Waals surface area contributed by atoms with Crippen molar-refractivity contribution < 1.29 is 0 Å². The predicted molar refractivity (Wildman–Crippen MR) is 60.6 cm³/mol. The summed E-state index contributed by atoms with van der Waals surface area (Å²) in [5.41, 5.74) is 1.81. The molecule has 76 valence electrons. The van der Waals surface area contributed by atoms with Gasteiger partial charge >= 0.3 is 0 Å². The number of hydrogen-bond acceptors (Lipinski definition) is 1. The van der Waals surface area contributed by atoms with Gasteiger partial charge in [0.15, 0.2) is 0 Å². The van der Waals surface area contributed by atoms with E-state index in [-0.39, 0.29) is 0 Å². The van der Waals surface area contributed by atoms with Crippen LogP contribution in [0.2, 0.25) is 5.02 Å². The molecule has 0 radical (unpaired) electrons. The van der Waals surface area contributed by atoms with Crippen molar-refractivity contribution in [2.75, 3.05) is 7.05 Å². The van der Waals surface area contributed by atoms with E-state index >= 15 is 0 Å². The Hall–Kier alpha value is -0.530. The molecule has 0 bridgehead atoms. The van der Waals surface area contributed by atoms with Crippen molar-refractivity contribution in [1.29, 1.82) is 0 Å². The van der Waals surface area contributed by atoms with Crippen LogP contribution in [0.25, 0.3) is 0 Å². The van der Waals surface area contributed by atoms with E-state index in [1.165, 1.54) is 18.4 Å². The maximum atomic E-state index is 5.87. The van der Waals surface area contributed by atoms with Crippen LogP contribution >= 0.6 is 11.6 Å². The van der Waals surface area contributed by atoms with Crippen LogP contribution in [-0.2, 0) is 0 Å². The van der Waals surface area contributed by atoms with Gasteiger partial charge in [0.2, 0.25) is 0 Å². The molecule has 1 aromatic rings. The minimum Gasteiger partial charge on any atom is -0.313 e. The Morgan fingerprint density at radius 3 is 2.29 bits per heavy atom. The molecule has 1 atom stereocenters. The summed E-state index contributed by atoms with van der Waals surface area (Å²) in [6.45, 7) is 2.34. The molecule has 0 aliphatic heterocycles. The third kappa shape index (κ3) is 1.79. The fourth-order valence-corrected chi connectivity index (χ4v) is 2.18. The quantitative estimate of drug-likeness (QED) is 0.805. The van der Waals surface area contributed by atoms with E-state index in [9.17, 15) is 0 Å². The van der Waals surface area contributed by atoms with Crippen LogP contribution in [0.3, 0.4) is 0 Å². The second-order valence-electron chi connectivity index (χ2n) is 4.43. The minimum absolute atomic E-state index is 0.461. The molecule has 0 heterocycles. The fourth-order valence-electron chi connectivity index (χ4n) is 2.06. The van der Waals surface area contributed by atoms with Gasteiger partial charge in [0.05, 0.1) is 0 Å². The molecular formula is C12H16ClN. The summed E-state index contributed by atoms with van der Waals surface area (Å²) in [5, 5.41) is 4.21. The highest BCUT2D eigenvalue weighted by atomic mass is 35.5. The third-order valence-corrected chi connectivity index (χ3v) is 3.48. The highest BCUT2D eigenvalue weighted by molar-refractivity contribution is 6.30. The summed E-state index contributed by atoms with van der Waals surface area (Å²) in [5.74, 6) is 0. The van der Waals surface area contributed by atoms with Crippen molar-refractivity contribution >= 4 is 11.6 Å². The Balaban J connectivity index is 2.23. The van der Waals surface area contributed by atoms with Crippen molar-refractivity contribution in [2.24, 2.45) is 5.41 Å².